The first kappa shape index (κ1) is 18.3. The molecule has 0 aliphatic carbocycles. The molecule has 1 heterocycles. The van der Waals surface area contributed by atoms with Crippen molar-refractivity contribution < 1.29 is 4.74 Å². The van der Waals surface area contributed by atoms with Gasteiger partial charge in [-0.05, 0) is 33.6 Å². The summed E-state index contributed by atoms with van der Waals surface area (Å²) in [4.78, 5) is 9.14. The SMILES string of the molecule is CCNC(=NCc1ncc(C)c(OC)c1C)NC(C)C(C)C. The second-order valence-corrected chi connectivity index (χ2v) is 5.92. The lowest BCUT2D eigenvalue weighted by Gasteiger charge is -2.20. The van der Waals surface area contributed by atoms with Crippen molar-refractivity contribution in [3.63, 3.8) is 0 Å². The molecule has 1 rings (SSSR count). The summed E-state index contributed by atoms with van der Waals surface area (Å²) >= 11 is 0. The van der Waals surface area contributed by atoms with Crippen LogP contribution in [0.4, 0.5) is 0 Å². The lowest BCUT2D eigenvalue weighted by atomic mass is 10.1. The molecule has 0 saturated heterocycles. The number of guanidine groups is 1. The van der Waals surface area contributed by atoms with Gasteiger partial charge in [0.25, 0.3) is 0 Å². The first-order chi connectivity index (χ1) is 10.4. The Morgan fingerprint density at radius 1 is 1.32 bits per heavy atom. The van der Waals surface area contributed by atoms with Gasteiger partial charge in [0.05, 0.1) is 19.3 Å². The molecule has 0 spiro atoms. The van der Waals surface area contributed by atoms with Crippen molar-refractivity contribution in [2.45, 2.75) is 54.1 Å². The number of hydrogen-bond donors (Lipinski definition) is 2. The number of aliphatic imine (C=N–C) groups is 1. The van der Waals surface area contributed by atoms with Crippen LogP contribution in [0.15, 0.2) is 11.2 Å². The molecule has 5 heteroatoms. The van der Waals surface area contributed by atoms with Crippen LogP contribution in [0.1, 0.15) is 44.5 Å². The first-order valence-corrected chi connectivity index (χ1v) is 7.94. The number of pyridine rings is 1. The molecule has 0 saturated carbocycles. The van der Waals surface area contributed by atoms with Gasteiger partial charge in [0, 0.05) is 29.9 Å². The minimum atomic E-state index is 0.361. The van der Waals surface area contributed by atoms with Crippen LogP contribution in [0.2, 0.25) is 0 Å². The molecule has 0 aliphatic rings. The van der Waals surface area contributed by atoms with Crippen molar-refractivity contribution in [2.24, 2.45) is 10.9 Å². The van der Waals surface area contributed by atoms with E-state index in [4.69, 9.17) is 4.74 Å². The highest BCUT2D eigenvalue weighted by Crippen LogP contribution is 2.24. The van der Waals surface area contributed by atoms with Crippen molar-refractivity contribution in [1.29, 1.82) is 0 Å². The zero-order valence-corrected chi connectivity index (χ0v) is 14.9. The molecule has 0 aromatic carbocycles. The Kier molecular flexibility index (Phi) is 7.15. The van der Waals surface area contributed by atoms with Gasteiger partial charge < -0.3 is 15.4 Å². The van der Waals surface area contributed by atoms with E-state index in [1.807, 2.05) is 20.0 Å². The van der Waals surface area contributed by atoms with E-state index in [1.165, 1.54) is 0 Å². The zero-order chi connectivity index (χ0) is 16.7. The summed E-state index contributed by atoms with van der Waals surface area (Å²) in [7, 11) is 1.69. The number of hydrogen-bond acceptors (Lipinski definition) is 3. The second-order valence-electron chi connectivity index (χ2n) is 5.92. The van der Waals surface area contributed by atoms with Crippen LogP contribution in [0.5, 0.6) is 5.75 Å². The summed E-state index contributed by atoms with van der Waals surface area (Å²) < 4.78 is 5.45. The molecule has 1 atom stereocenters. The molecule has 0 fully saturated rings. The lowest BCUT2D eigenvalue weighted by Crippen LogP contribution is -2.44. The van der Waals surface area contributed by atoms with E-state index in [2.05, 4.69) is 48.3 Å². The summed E-state index contributed by atoms with van der Waals surface area (Å²) in [6.45, 7) is 14.0. The van der Waals surface area contributed by atoms with Gasteiger partial charge in [-0.1, -0.05) is 13.8 Å². The Bertz CT molecular complexity index is 512. The van der Waals surface area contributed by atoms with Crippen LogP contribution < -0.4 is 15.4 Å². The summed E-state index contributed by atoms with van der Waals surface area (Å²) in [6, 6.07) is 0.361. The summed E-state index contributed by atoms with van der Waals surface area (Å²) in [5.41, 5.74) is 3.04. The molecule has 0 amide bonds. The van der Waals surface area contributed by atoms with Crippen LogP contribution in [-0.4, -0.2) is 30.6 Å². The fraction of sp³-hybridized carbons (Fsp3) is 0.647. The average Bonchev–Trinajstić information content (AvgIpc) is 2.46. The molecule has 0 radical (unpaired) electrons. The molecule has 0 bridgehead atoms. The predicted octanol–water partition coefficient (Wildman–Crippen LogP) is 2.81. The van der Waals surface area contributed by atoms with E-state index in [1.54, 1.807) is 7.11 Å². The number of nitrogens with zero attached hydrogens (tertiary/aromatic N) is 2. The standard InChI is InChI=1S/C17H30N4O/c1-8-18-17(21-14(6)11(2)3)20-10-15-13(5)16(22-7)12(4)9-19-15/h9,11,14H,8,10H2,1-7H3,(H2,18,20,21). The van der Waals surface area contributed by atoms with Gasteiger partial charge in [0.1, 0.15) is 5.75 Å². The molecule has 5 nitrogen and oxygen atoms in total. The molecule has 22 heavy (non-hydrogen) atoms. The smallest absolute Gasteiger partial charge is 0.191 e. The number of ether oxygens (including phenoxy) is 1. The molecule has 1 unspecified atom stereocenters. The summed E-state index contributed by atoms with van der Waals surface area (Å²) in [6.07, 6.45) is 1.84. The minimum Gasteiger partial charge on any atom is -0.496 e. The van der Waals surface area contributed by atoms with Crippen molar-refractivity contribution in [2.75, 3.05) is 13.7 Å². The topological polar surface area (TPSA) is 58.5 Å². The normalized spacial score (nSPS) is 13.2. The maximum Gasteiger partial charge on any atom is 0.191 e. The van der Waals surface area contributed by atoms with E-state index in [0.717, 1.165) is 35.1 Å². The fourth-order valence-corrected chi connectivity index (χ4v) is 2.09. The summed E-state index contributed by atoms with van der Waals surface area (Å²) in [5, 5.41) is 6.70. The van der Waals surface area contributed by atoms with Crippen LogP contribution in [0, 0.1) is 19.8 Å². The highest BCUT2D eigenvalue weighted by atomic mass is 16.5. The van der Waals surface area contributed by atoms with Gasteiger partial charge in [0.2, 0.25) is 0 Å². The third kappa shape index (κ3) is 4.90. The molecular formula is C17H30N4O. The Labute approximate surface area is 134 Å². The maximum atomic E-state index is 5.45. The molecule has 1 aromatic heterocycles. The molecule has 0 aliphatic heterocycles. The Morgan fingerprint density at radius 3 is 2.55 bits per heavy atom. The number of methoxy groups -OCH3 is 1. The van der Waals surface area contributed by atoms with Gasteiger partial charge in [0.15, 0.2) is 5.96 Å². The van der Waals surface area contributed by atoms with Gasteiger partial charge in [-0.2, -0.15) is 0 Å². The van der Waals surface area contributed by atoms with Crippen molar-refractivity contribution >= 4 is 5.96 Å². The van der Waals surface area contributed by atoms with Crippen molar-refractivity contribution in [1.82, 2.24) is 15.6 Å². The van der Waals surface area contributed by atoms with Gasteiger partial charge in [-0.15, -0.1) is 0 Å². The molecule has 124 valence electrons. The molecule has 1 aromatic rings. The Hall–Kier alpha value is -1.78. The quantitative estimate of drug-likeness (QED) is 0.627. The van der Waals surface area contributed by atoms with Crippen LogP contribution >= 0.6 is 0 Å². The van der Waals surface area contributed by atoms with Gasteiger partial charge in [-0.25, -0.2) is 4.99 Å². The second kappa shape index (κ2) is 8.61. The van der Waals surface area contributed by atoms with Gasteiger partial charge in [-0.3, -0.25) is 4.98 Å². The van der Waals surface area contributed by atoms with E-state index >= 15 is 0 Å². The van der Waals surface area contributed by atoms with Crippen molar-refractivity contribution in [3.8, 4) is 5.75 Å². The monoisotopic (exact) mass is 306 g/mol. The first-order valence-electron chi connectivity index (χ1n) is 7.94. The van der Waals surface area contributed by atoms with Crippen LogP contribution in [0.25, 0.3) is 0 Å². The minimum absolute atomic E-state index is 0.361. The van der Waals surface area contributed by atoms with Crippen LogP contribution in [0.3, 0.4) is 0 Å². The Balaban J connectivity index is 2.91. The fourth-order valence-electron chi connectivity index (χ4n) is 2.09. The maximum absolute atomic E-state index is 5.45. The largest absolute Gasteiger partial charge is 0.496 e. The third-order valence-electron chi connectivity index (χ3n) is 3.85. The molecule has 2 N–H and O–H groups in total. The highest BCUT2D eigenvalue weighted by molar-refractivity contribution is 5.80. The third-order valence-corrected chi connectivity index (χ3v) is 3.85. The van der Waals surface area contributed by atoms with E-state index < -0.39 is 0 Å². The van der Waals surface area contributed by atoms with Crippen LogP contribution in [-0.2, 0) is 6.54 Å². The number of nitrogens with one attached hydrogen (secondary N) is 2. The van der Waals surface area contributed by atoms with E-state index in [-0.39, 0.29) is 0 Å². The van der Waals surface area contributed by atoms with Crippen molar-refractivity contribution in [3.05, 3.63) is 23.0 Å². The highest BCUT2D eigenvalue weighted by Gasteiger charge is 2.11. The lowest BCUT2D eigenvalue weighted by molar-refractivity contribution is 0.407. The predicted molar refractivity (Wildman–Crippen MR) is 92.5 cm³/mol. The number of aromatic nitrogens is 1. The number of aryl methyl sites for hydroxylation is 1. The van der Waals surface area contributed by atoms with E-state index in [0.29, 0.717) is 18.5 Å². The molecular weight excluding hydrogens is 276 g/mol. The number of rotatable bonds is 6. The van der Waals surface area contributed by atoms with E-state index in [9.17, 15) is 0 Å². The average molecular weight is 306 g/mol. The summed E-state index contributed by atoms with van der Waals surface area (Å²) in [5.74, 6) is 2.27. The zero-order valence-electron chi connectivity index (χ0n) is 14.9. The Morgan fingerprint density at radius 2 is 2.00 bits per heavy atom. The van der Waals surface area contributed by atoms with Gasteiger partial charge >= 0.3 is 0 Å².